The molecule has 2 atom stereocenters. The lowest BCUT2D eigenvalue weighted by Gasteiger charge is -2.45. The number of hydrogen-bond donors (Lipinski definition) is 2. The molecule has 2 unspecified atom stereocenters. The van der Waals surface area contributed by atoms with Crippen LogP contribution in [0.4, 0.5) is 0 Å². The highest BCUT2D eigenvalue weighted by Gasteiger charge is 2.50. The van der Waals surface area contributed by atoms with E-state index in [1.807, 2.05) is 78.9 Å². The molecule has 1 aliphatic rings. The Balaban J connectivity index is 1.85. The monoisotopic (exact) mass is 576 g/mol. The van der Waals surface area contributed by atoms with Crippen molar-refractivity contribution in [1.82, 2.24) is 0 Å². The van der Waals surface area contributed by atoms with Gasteiger partial charge in [-0.1, -0.05) is 112 Å². The molecule has 0 aliphatic heterocycles. The Labute approximate surface area is 217 Å². The number of benzene rings is 4. The molecule has 0 spiro atoms. The maximum Gasteiger partial charge on any atom is 0.141 e. The second kappa shape index (κ2) is 9.09. The normalized spacial score (nSPS) is 21.1. The van der Waals surface area contributed by atoms with Gasteiger partial charge in [-0.3, -0.25) is 0 Å². The van der Waals surface area contributed by atoms with Crippen LogP contribution < -0.4 is 0 Å². The largest absolute Gasteiger partial charge is 0.376 e. The van der Waals surface area contributed by atoms with Crippen molar-refractivity contribution < 1.29 is 10.2 Å². The molecule has 0 heterocycles. The minimum atomic E-state index is -1.39. The molecule has 0 saturated heterocycles. The number of rotatable bonds is 5. The first-order valence-electron chi connectivity index (χ1n) is 11.6. The van der Waals surface area contributed by atoms with Gasteiger partial charge >= 0.3 is 0 Å². The van der Waals surface area contributed by atoms with E-state index in [9.17, 15) is 10.2 Å². The summed E-state index contributed by atoms with van der Waals surface area (Å²) >= 11 is 7.03. The highest BCUT2D eigenvalue weighted by molar-refractivity contribution is 9.10. The van der Waals surface area contributed by atoms with Crippen LogP contribution in [0.3, 0.4) is 0 Å². The zero-order valence-electron chi connectivity index (χ0n) is 18.9. The van der Waals surface area contributed by atoms with Gasteiger partial charge in [0.05, 0.1) is 0 Å². The third-order valence-electron chi connectivity index (χ3n) is 6.91. The van der Waals surface area contributed by atoms with E-state index in [2.05, 4.69) is 50.9 Å². The smallest absolute Gasteiger partial charge is 0.141 e. The SMILES string of the molecule is CCCCc1ccc2c(c1)C(O)(c1ccc(Br)cc1)c1ccccc1C2(O)c1ccc(Br)cc1. The van der Waals surface area contributed by atoms with Crippen LogP contribution in [0.15, 0.2) is 99.9 Å². The van der Waals surface area contributed by atoms with Gasteiger partial charge in [-0.2, -0.15) is 0 Å². The zero-order valence-corrected chi connectivity index (χ0v) is 22.1. The molecule has 4 aromatic carbocycles. The van der Waals surface area contributed by atoms with Crippen LogP contribution in [0, 0.1) is 0 Å². The lowest BCUT2D eigenvalue weighted by atomic mass is 9.63. The minimum Gasteiger partial charge on any atom is -0.376 e. The first-order chi connectivity index (χ1) is 16.4. The Kier molecular flexibility index (Phi) is 6.28. The average Bonchev–Trinajstić information content (AvgIpc) is 2.87. The summed E-state index contributed by atoms with van der Waals surface area (Å²) < 4.78 is 1.90. The maximum atomic E-state index is 12.6. The fourth-order valence-electron chi connectivity index (χ4n) is 5.15. The second-order valence-electron chi connectivity index (χ2n) is 8.96. The molecule has 4 aromatic rings. The summed E-state index contributed by atoms with van der Waals surface area (Å²) in [6.45, 7) is 2.18. The van der Waals surface area contributed by atoms with Crippen LogP contribution in [0.2, 0.25) is 0 Å². The van der Waals surface area contributed by atoms with Crippen LogP contribution in [0.1, 0.15) is 58.7 Å². The summed E-state index contributed by atoms with van der Waals surface area (Å²) in [7, 11) is 0. The van der Waals surface area contributed by atoms with Gasteiger partial charge in [-0.25, -0.2) is 0 Å². The molecule has 172 valence electrons. The molecule has 34 heavy (non-hydrogen) atoms. The molecule has 1 aliphatic carbocycles. The fraction of sp³-hybridized carbons (Fsp3) is 0.200. The van der Waals surface area contributed by atoms with Crippen LogP contribution in [0.25, 0.3) is 0 Å². The van der Waals surface area contributed by atoms with Gasteiger partial charge in [0.25, 0.3) is 0 Å². The maximum absolute atomic E-state index is 12.6. The van der Waals surface area contributed by atoms with Gasteiger partial charge < -0.3 is 10.2 Å². The second-order valence-corrected chi connectivity index (χ2v) is 10.8. The average molecular weight is 578 g/mol. The Morgan fingerprint density at radius 1 is 0.618 bits per heavy atom. The molecule has 0 aromatic heterocycles. The van der Waals surface area contributed by atoms with Crippen molar-refractivity contribution in [2.45, 2.75) is 37.4 Å². The number of aryl methyl sites for hydroxylation is 1. The molecule has 0 bridgehead atoms. The Hall–Kier alpha value is -2.24. The number of unbranched alkanes of at least 4 members (excludes halogenated alkanes) is 1. The van der Waals surface area contributed by atoms with Crippen molar-refractivity contribution in [3.05, 3.63) is 139 Å². The fourth-order valence-corrected chi connectivity index (χ4v) is 5.68. The first-order valence-corrected chi connectivity index (χ1v) is 13.2. The molecule has 0 saturated carbocycles. The topological polar surface area (TPSA) is 40.5 Å². The van der Waals surface area contributed by atoms with Gasteiger partial charge in [0.15, 0.2) is 0 Å². The minimum absolute atomic E-state index is 0.691. The predicted octanol–water partition coefficient (Wildman–Crippen LogP) is 7.44. The van der Waals surface area contributed by atoms with Crippen LogP contribution in [-0.4, -0.2) is 10.2 Å². The summed E-state index contributed by atoms with van der Waals surface area (Å²) in [5, 5.41) is 25.1. The van der Waals surface area contributed by atoms with Gasteiger partial charge in [-0.15, -0.1) is 0 Å². The molecular weight excluding hydrogens is 552 g/mol. The van der Waals surface area contributed by atoms with E-state index in [4.69, 9.17) is 0 Å². The van der Waals surface area contributed by atoms with E-state index in [-0.39, 0.29) is 0 Å². The molecule has 0 amide bonds. The van der Waals surface area contributed by atoms with E-state index < -0.39 is 11.2 Å². The quantitative estimate of drug-likeness (QED) is 0.259. The van der Waals surface area contributed by atoms with Crippen molar-refractivity contribution in [3.8, 4) is 0 Å². The van der Waals surface area contributed by atoms with Crippen molar-refractivity contribution in [2.24, 2.45) is 0 Å². The van der Waals surface area contributed by atoms with E-state index in [1.54, 1.807) is 0 Å². The molecule has 2 nitrogen and oxygen atoms in total. The summed E-state index contributed by atoms with van der Waals surface area (Å²) in [6, 6.07) is 29.5. The van der Waals surface area contributed by atoms with Crippen LogP contribution in [0.5, 0.6) is 0 Å². The standard InChI is InChI=1S/C30H26Br2O2/c1-2-3-6-20-9-18-27-28(19-20)30(34,22-12-16-24(32)17-13-22)26-8-5-4-7-25(26)29(27,33)21-10-14-23(31)15-11-21/h4-5,7-19,33-34H,2-3,6H2,1H3. The van der Waals surface area contributed by atoms with Gasteiger partial charge in [0, 0.05) is 8.95 Å². The van der Waals surface area contributed by atoms with Crippen molar-refractivity contribution in [2.75, 3.05) is 0 Å². The molecule has 2 N–H and O–H groups in total. The van der Waals surface area contributed by atoms with Gasteiger partial charge in [0.1, 0.15) is 11.2 Å². The predicted molar refractivity (Wildman–Crippen MR) is 144 cm³/mol. The number of halogens is 2. The van der Waals surface area contributed by atoms with Crippen LogP contribution in [-0.2, 0) is 17.6 Å². The lowest BCUT2D eigenvalue weighted by Crippen LogP contribution is -2.44. The molecule has 0 fully saturated rings. The Morgan fingerprint density at radius 2 is 1.09 bits per heavy atom. The number of aliphatic hydroxyl groups is 2. The molecule has 0 radical (unpaired) electrons. The molecule has 4 heteroatoms. The van der Waals surface area contributed by atoms with Crippen molar-refractivity contribution in [3.63, 3.8) is 0 Å². The highest BCUT2D eigenvalue weighted by atomic mass is 79.9. The molecule has 5 rings (SSSR count). The van der Waals surface area contributed by atoms with E-state index in [1.165, 1.54) is 0 Å². The summed E-state index contributed by atoms with van der Waals surface area (Å²) in [5.41, 5.74) is 2.74. The zero-order chi connectivity index (χ0) is 23.9. The Morgan fingerprint density at radius 3 is 1.59 bits per heavy atom. The third kappa shape index (κ3) is 3.68. The van der Waals surface area contributed by atoms with E-state index >= 15 is 0 Å². The Bertz CT molecular complexity index is 1330. The lowest BCUT2D eigenvalue weighted by molar-refractivity contribution is 0.0747. The summed E-state index contributed by atoms with van der Waals surface area (Å²) in [6.07, 6.45) is 3.10. The summed E-state index contributed by atoms with van der Waals surface area (Å²) in [4.78, 5) is 0. The van der Waals surface area contributed by atoms with E-state index in [0.717, 1.165) is 50.5 Å². The number of hydrogen-bond acceptors (Lipinski definition) is 2. The molecular formula is C30H26Br2O2. The first kappa shape index (κ1) is 23.5. The van der Waals surface area contributed by atoms with Crippen molar-refractivity contribution >= 4 is 31.9 Å². The number of fused-ring (bicyclic) bond motifs is 2. The van der Waals surface area contributed by atoms with Gasteiger partial charge in [-0.05, 0) is 76.1 Å². The van der Waals surface area contributed by atoms with Crippen LogP contribution >= 0.6 is 31.9 Å². The summed E-state index contributed by atoms with van der Waals surface area (Å²) in [5.74, 6) is 0. The third-order valence-corrected chi connectivity index (χ3v) is 7.97. The van der Waals surface area contributed by atoms with E-state index in [0.29, 0.717) is 16.7 Å². The van der Waals surface area contributed by atoms with Crippen molar-refractivity contribution in [1.29, 1.82) is 0 Å². The van der Waals surface area contributed by atoms with Gasteiger partial charge in [0.2, 0.25) is 0 Å². The highest BCUT2D eigenvalue weighted by Crippen LogP contribution is 2.53.